The molecule has 0 unspecified atom stereocenters. The zero-order chi connectivity index (χ0) is 96.4. The van der Waals surface area contributed by atoms with Crippen molar-refractivity contribution in [2.75, 3.05) is 143 Å². The highest BCUT2D eigenvalue weighted by Gasteiger charge is 2.53. The molecule has 0 saturated carbocycles. The molecule has 20 amide bonds. The second-order valence-electron chi connectivity index (χ2n) is 36.8. The third kappa shape index (κ3) is 23.0. The van der Waals surface area contributed by atoms with E-state index >= 15 is 0 Å². The Bertz CT molecular complexity index is 4540. The Kier molecular flexibility index (Phi) is 33.4. The molecule has 0 aliphatic carbocycles. The lowest BCUT2D eigenvalue weighted by atomic mass is 10.1. The van der Waals surface area contributed by atoms with Gasteiger partial charge in [0.05, 0.1) is 81.9 Å². The third-order valence-corrected chi connectivity index (χ3v) is 28.5. The SMILES string of the molecule is CSCC[C@H](NC(=O)CNC(=O)[C@@H]1CCCN1C(=O)[C@@H]1C[C@@H](O)CN1C(=O)CNC(=O)[C@@H]1CCCN1C(=O)[C@@H]1C[C@@H](O)CN1)C(=O)N1CCC[C@H]1C(=O)NCC(=O)N1C[C@H](O)C[C@H]1C(=O)N1CCC[C@H]1C(=O)NCC(=O)N1C[C@H](O)C[C@H]1C(=O)N1CCC[C@H]1C(=O)NCC(=O)N1C[C@H](O)C[C@H]1C(=O)N1CCC[C@H]1C(=O)NCC(=O)N1C[C@H](O)C[C@H]1C(=O)N1CCC[C@H]1C(=O)NCC(=O)O. The highest BCUT2D eigenvalue weighted by atomic mass is 32.2. The van der Waals surface area contributed by atoms with Gasteiger partial charge in [-0.3, -0.25) is 101 Å². The molecule has 0 radical (unpaired) electrons. The Morgan fingerprint density at radius 1 is 0.299 bits per heavy atom. The number of aliphatic carboxylic acids is 1. The first-order valence-electron chi connectivity index (χ1n) is 46.4. The fourth-order valence-corrected chi connectivity index (χ4v) is 21.7. The van der Waals surface area contributed by atoms with Gasteiger partial charge in [0, 0.05) is 117 Å². The number of rotatable bonds is 32. The maximum atomic E-state index is 14.5. The molecule has 13 fully saturated rings. The number of thioether (sulfide) groups is 1. The van der Waals surface area contributed by atoms with E-state index in [1.807, 2.05) is 0 Å². The largest absolute Gasteiger partial charge is 0.480 e. The van der Waals surface area contributed by atoms with Crippen molar-refractivity contribution in [3.63, 3.8) is 0 Å². The standard InChI is InChI=1S/C84H123N21O28S/c1-134-24-16-50(93-64(112)32-86-71(120)54-11-4-19-96(54)80(129)59-26-45(107)39-101(59)66(114)34-88-73(122)53-10-3-18-95(53)79(128)51-25-44(106)31-85-51)78(127)94-17-2-9-52(94)72(121)87-33-65(113)102-40-46(108)27-60(102)81(130)97-20-5-12-55(97)74(123)89-35-67(115)103-41-47(109)28-61(103)82(131)98-21-6-13-56(98)75(124)90-36-68(116)104-42-48(110)29-62(104)83(132)99-22-7-14-57(99)76(125)91-37-69(117)105-43-49(111)30-63(105)84(133)100-23-8-15-58(100)77(126)92-38-70(118)119/h44-63,85,106-111H,2-43H2,1H3,(H,86,120)(H,87,121)(H,88,122)(H,89,123)(H,90,124)(H,91,125)(H,92,126)(H,93,112)(H,118,119)/t44-,45-,46-,47-,48-,49-,50+,51+,52+,53+,54+,55+,56+,57+,58+,59+,60+,61+,62+,63+/m1/s1. The summed E-state index contributed by atoms with van der Waals surface area (Å²) in [6.07, 6.45) is -1.54. The molecule has 49 nitrogen and oxygen atoms in total. The first-order valence-corrected chi connectivity index (χ1v) is 47.8. The minimum Gasteiger partial charge on any atom is -0.480 e. The highest BCUT2D eigenvalue weighted by molar-refractivity contribution is 7.98. The lowest BCUT2D eigenvalue weighted by molar-refractivity contribution is -0.148. The van der Waals surface area contributed by atoms with Crippen LogP contribution in [0.25, 0.3) is 0 Å². The van der Waals surface area contributed by atoms with Crippen molar-refractivity contribution < 1.29 is 136 Å². The summed E-state index contributed by atoms with van der Waals surface area (Å²) in [6, 6.07) is -15.7. The van der Waals surface area contributed by atoms with E-state index in [-0.39, 0.29) is 168 Å². The number of nitrogens with one attached hydrogen (secondary N) is 9. The minimum absolute atomic E-state index is 0.0292. The van der Waals surface area contributed by atoms with E-state index in [2.05, 4.69) is 47.9 Å². The Morgan fingerprint density at radius 2 is 0.537 bits per heavy atom. The zero-order valence-corrected chi connectivity index (χ0v) is 75.5. The van der Waals surface area contributed by atoms with Crippen LogP contribution in [0.2, 0.25) is 0 Å². The smallest absolute Gasteiger partial charge is 0.322 e. The summed E-state index contributed by atoms with van der Waals surface area (Å²) in [5.41, 5.74) is 0. The number of aliphatic hydroxyl groups is 6. The summed E-state index contributed by atoms with van der Waals surface area (Å²) in [4.78, 5) is 304. The van der Waals surface area contributed by atoms with Gasteiger partial charge in [-0.2, -0.15) is 11.8 Å². The van der Waals surface area contributed by atoms with Gasteiger partial charge in [-0.15, -0.1) is 0 Å². The molecule has 13 heterocycles. The maximum Gasteiger partial charge on any atom is 0.322 e. The van der Waals surface area contributed by atoms with E-state index in [9.17, 15) is 131 Å². The summed E-state index contributed by atoms with van der Waals surface area (Å²) in [6.45, 7) is -5.11. The minimum atomic E-state index is -1.32. The van der Waals surface area contributed by atoms with Crippen LogP contribution in [-0.4, -0.2) is 483 Å². The van der Waals surface area contributed by atoms with Gasteiger partial charge in [0.2, 0.25) is 118 Å². The molecule has 50 heteroatoms. The third-order valence-electron chi connectivity index (χ3n) is 27.8. The number of likely N-dealkylation sites (tertiary alicyclic amines) is 12. The number of hydrogen-bond donors (Lipinski definition) is 16. The Balaban J connectivity index is 0.535. The second-order valence-corrected chi connectivity index (χ2v) is 37.7. The van der Waals surface area contributed by atoms with E-state index in [0.29, 0.717) is 63.7 Å². The normalized spacial score (nSPS) is 29.7. The number of hydrogen-bond acceptors (Lipinski definition) is 29. The number of carbonyl (C=O) groups is 21. The number of carbonyl (C=O) groups excluding carboxylic acids is 20. The molecule has 13 aliphatic heterocycles. The maximum absolute atomic E-state index is 14.5. The predicted molar refractivity (Wildman–Crippen MR) is 460 cm³/mol. The number of nitrogens with zero attached hydrogens (tertiary/aromatic N) is 12. The lowest BCUT2D eigenvalue weighted by Crippen LogP contribution is -2.57. The summed E-state index contributed by atoms with van der Waals surface area (Å²) < 4.78 is 0. The van der Waals surface area contributed by atoms with Crippen molar-refractivity contribution >= 4 is 136 Å². The Morgan fingerprint density at radius 3 is 0.784 bits per heavy atom. The fourth-order valence-electron chi connectivity index (χ4n) is 21.2. The number of amides is 20. The van der Waals surface area contributed by atoms with Gasteiger partial charge in [0.25, 0.3) is 0 Å². The Labute approximate surface area is 774 Å². The summed E-state index contributed by atoms with van der Waals surface area (Å²) in [5, 5.41) is 96.2. The van der Waals surface area contributed by atoms with Crippen molar-refractivity contribution in [2.24, 2.45) is 0 Å². The van der Waals surface area contributed by atoms with Crippen LogP contribution in [0.5, 0.6) is 0 Å². The first kappa shape index (κ1) is 100. The average Bonchev–Trinajstić information content (AvgIpc) is 1.64. The van der Waals surface area contributed by atoms with Crippen LogP contribution in [0.4, 0.5) is 0 Å². The summed E-state index contributed by atoms with van der Waals surface area (Å²) in [5.74, 6) is -14.9. The van der Waals surface area contributed by atoms with Crippen molar-refractivity contribution in [2.45, 2.75) is 256 Å². The predicted octanol–water partition coefficient (Wildman–Crippen LogP) is -12.4. The van der Waals surface area contributed by atoms with E-state index in [1.54, 1.807) is 6.26 Å². The van der Waals surface area contributed by atoms with Gasteiger partial charge < -0.3 is 142 Å². The van der Waals surface area contributed by atoms with E-state index < -0.39 is 285 Å². The van der Waals surface area contributed by atoms with Gasteiger partial charge >= 0.3 is 5.97 Å². The molecule has 16 N–H and O–H groups in total. The summed E-state index contributed by atoms with van der Waals surface area (Å²) in [7, 11) is 0. The highest BCUT2D eigenvalue weighted by Crippen LogP contribution is 2.34. The van der Waals surface area contributed by atoms with Gasteiger partial charge in [-0.25, -0.2) is 0 Å². The molecule has 738 valence electrons. The average molecular weight is 1910 g/mol. The van der Waals surface area contributed by atoms with E-state index in [4.69, 9.17) is 5.11 Å². The van der Waals surface area contributed by atoms with Gasteiger partial charge in [-0.1, -0.05) is 0 Å². The Hall–Kier alpha value is -11.1. The van der Waals surface area contributed by atoms with Crippen molar-refractivity contribution in [1.29, 1.82) is 0 Å². The molecule has 13 aliphatic rings. The molecule has 13 saturated heterocycles. The molecule has 0 spiro atoms. The molecule has 13 rings (SSSR count). The number of carboxylic acid groups (broad SMARTS) is 1. The number of β-amino-alcohol motifs (C(OH)–C–C–N with tert-alkyl or cyclic N) is 6. The van der Waals surface area contributed by atoms with Crippen LogP contribution in [-0.2, 0) is 101 Å². The van der Waals surface area contributed by atoms with Crippen molar-refractivity contribution in [3.8, 4) is 0 Å². The topological polar surface area (TPSA) is 647 Å². The van der Waals surface area contributed by atoms with Crippen LogP contribution in [0, 0.1) is 0 Å². The van der Waals surface area contributed by atoms with Crippen LogP contribution in [0.1, 0.15) is 135 Å². The first-order chi connectivity index (χ1) is 64.0. The number of aliphatic hydroxyl groups excluding tert-OH is 6. The molecular weight excluding hydrogens is 1780 g/mol. The van der Waals surface area contributed by atoms with Crippen LogP contribution < -0.4 is 47.9 Å². The van der Waals surface area contributed by atoms with Crippen molar-refractivity contribution in [1.82, 2.24) is 107 Å². The van der Waals surface area contributed by atoms with Gasteiger partial charge in [0.15, 0.2) is 0 Å². The number of carboxylic acids is 1. The van der Waals surface area contributed by atoms with Gasteiger partial charge in [0.1, 0.15) is 85.1 Å². The summed E-state index contributed by atoms with van der Waals surface area (Å²) >= 11 is 1.37. The van der Waals surface area contributed by atoms with E-state index in [1.165, 1.54) is 46.1 Å². The molecule has 0 aromatic heterocycles. The molecule has 20 atom stereocenters. The molecule has 0 aromatic carbocycles. The zero-order valence-electron chi connectivity index (χ0n) is 74.7. The quantitative estimate of drug-likeness (QED) is 0.0297. The van der Waals surface area contributed by atoms with Crippen LogP contribution in [0.15, 0.2) is 0 Å². The van der Waals surface area contributed by atoms with Crippen LogP contribution in [0.3, 0.4) is 0 Å². The molecule has 0 bridgehead atoms. The lowest BCUT2D eigenvalue weighted by Gasteiger charge is -2.32. The molecule has 134 heavy (non-hydrogen) atoms. The monoisotopic (exact) mass is 1910 g/mol. The van der Waals surface area contributed by atoms with E-state index in [0.717, 1.165) is 24.5 Å². The van der Waals surface area contributed by atoms with Crippen molar-refractivity contribution in [3.05, 3.63) is 0 Å². The fraction of sp³-hybridized carbons (Fsp3) is 0.750. The molecule has 0 aromatic rings. The molecular formula is C84H123N21O28S. The van der Waals surface area contributed by atoms with Gasteiger partial charge in [-0.05, 0) is 115 Å². The van der Waals surface area contributed by atoms with Crippen LogP contribution >= 0.6 is 11.8 Å². The second kappa shape index (κ2) is 44.6.